The second kappa shape index (κ2) is 9.50. The fourth-order valence-electron chi connectivity index (χ4n) is 8.12. The predicted molar refractivity (Wildman–Crippen MR) is 198 cm³/mol. The molecule has 0 fully saturated rings. The Kier molecular flexibility index (Phi) is 5.08. The standard InChI is InChI=1S/C44H26N4/c1-3-13-28(14-4-1)41-34-20-9-10-21-35(34)43-46-44(45-42(48(41)43)29-15-5-2-6-16-29)47-36-24-12-23-33-31-19-8-7-18-30(31)32-22-11-17-27-25-26-37(47)40(38(27)32)39(33)36/h1-26H. The van der Waals surface area contributed by atoms with Crippen molar-refractivity contribution in [3.8, 4) is 50.8 Å². The van der Waals surface area contributed by atoms with Gasteiger partial charge in [-0.3, -0.25) is 8.97 Å². The van der Waals surface area contributed by atoms with E-state index in [1.165, 1.54) is 43.8 Å². The van der Waals surface area contributed by atoms with Gasteiger partial charge in [0.2, 0.25) is 5.95 Å². The van der Waals surface area contributed by atoms with Gasteiger partial charge in [-0.05, 0) is 50.7 Å². The van der Waals surface area contributed by atoms with Crippen molar-refractivity contribution in [1.29, 1.82) is 0 Å². The molecule has 11 rings (SSSR count). The Morgan fingerprint density at radius 2 is 1.00 bits per heavy atom. The number of benzene rings is 7. The van der Waals surface area contributed by atoms with Crippen molar-refractivity contribution in [3.05, 3.63) is 158 Å². The van der Waals surface area contributed by atoms with Crippen molar-refractivity contribution in [3.63, 3.8) is 0 Å². The van der Waals surface area contributed by atoms with Gasteiger partial charge in [-0.2, -0.15) is 9.97 Å². The molecule has 0 atom stereocenters. The summed E-state index contributed by atoms with van der Waals surface area (Å²) >= 11 is 0. The van der Waals surface area contributed by atoms with Crippen LogP contribution in [0.5, 0.6) is 0 Å². The minimum Gasteiger partial charge on any atom is -0.278 e. The molecule has 0 amide bonds. The van der Waals surface area contributed by atoms with Gasteiger partial charge >= 0.3 is 0 Å². The number of nitrogens with zero attached hydrogens (tertiary/aromatic N) is 4. The molecule has 0 saturated carbocycles. The van der Waals surface area contributed by atoms with Gasteiger partial charge in [0.25, 0.3) is 0 Å². The van der Waals surface area contributed by atoms with E-state index in [0.717, 1.165) is 50.1 Å². The van der Waals surface area contributed by atoms with Gasteiger partial charge in [0.15, 0.2) is 5.65 Å². The molecule has 0 unspecified atom stereocenters. The zero-order valence-corrected chi connectivity index (χ0v) is 25.8. The third kappa shape index (κ3) is 3.33. The molecular weight excluding hydrogens is 585 g/mol. The SMILES string of the molecule is c1ccc(-c2nc(-n3c4cccc5c4c4c6c(cccc6ccc43)-c3ccccc3-5)nc3c4ccccc4c(-c4ccccc4)n23)cc1. The number of hydrogen-bond acceptors (Lipinski definition) is 2. The molecule has 0 saturated heterocycles. The molecule has 7 aromatic carbocycles. The Morgan fingerprint density at radius 1 is 0.396 bits per heavy atom. The molecule has 48 heavy (non-hydrogen) atoms. The molecule has 3 heterocycles. The molecule has 1 aliphatic carbocycles. The highest BCUT2D eigenvalue weighted by molar-refractivity contribution is 6.30. The Hall–Kier alpha value is -6.52. The van der Waals surface area contributed by atoms with Crippen LogP contribution in [0.25, 0.3) is 99.8 Å². The molecule has 0 bridgehead atoms. The van der Waals surface area contributed by atoms with Crippen molar-refractivity contribution >= 4 is 49.0 Å². The second-order valence-corrected chi connectivity index (χ2v) is 12.6. The maximum Gasteiger partial charge on any atom is 0.238 e. The Balaban J connectivity index is 1.34. The molecule has 0 radical (unpaired) electrons. The second-order valence-electron chi connectivity index (χ2n) is 12.6. The predicted octanol–water partition coefficient (Wildman–Crippen LogP) is 11.1. The van der Waals surface area contributed by atoms with Crippen LogP contribution in [0, 0.1) is 0 Å². The van der Waals surface area contributed by atoms with Gasteiger partial charge < -0.3 is 0 Å². The number of aromatic nitrogens is 4. The minimum atomic E-state index is 0.659. The Bertz CT molecular complexity index is 2930. The summed E-state index contributed by atoms with van der Waals surface area (Å²) in [6, 6.07) is 56.3. The summed E-state index contributed by atoms with van der Waals surface area (Å²) in [6.07, 6.45) is 0. The summed E-state index contributed by atoms with van der Waals surface area (Å²) < 4.78 is 4.54. The molecule has 0 aliphatic heterocycles. The van der Waals surface area contributed by atoms with Crippen LogP contribution in [-0.4, -0.2) is 18.9 Å². The summed E-state index contributed by atoms with van der Waals surface area (Å²) in [7, 11) is 0. The van der Waals surface area contributed by atoms with Gasteiger partial charge in [0.1, 0.15) is 5.82 Å². The first kappa shape index (κ1) is 25.6. The van der Waals surface area contributed by atoms with E-state index in [-0.39, 0.29) is 0 Å². The summed E-state index contributed by atoms with van der Waals surface area (Å²) in [6.45, 7) is 0. The largest absolute Gasteiger partial charge is 0.278 e. The average molecular weight is 611 g/mol. The van der Waals surface area contributed by atoms with E-state index in [2.05, 4.69) is 167 Å². The highest BCUT2D eigenvalue weighted by atomic mass is 15.2. The van der Waals surface area contributed by atoms with Crippen LogP contribution in [0.15, 0.2) is 158 Å². The summed E-state index contributed by atoms with van der Waals surface area (Å²) in [5.41, 5.74) is 11.4. The topological polar surface area (TPSA) is 35.1 Å². The van der Waals surface area contributed by atoms with E-state index >= 15 is 0 Å². The van der Waals surface area contributed by atoms with Crippen LogP contribution in [-0.2, 0) is 0 Å². The van der Waals surface area contributed by atoms with Crippen molar-refractivity contribution in [1.82, 2.24) is 18.9 Å². The molecule has 0 N–H and O–H groups in total. The summed E-state index contributed by atoms with van der Waals surface area (Å²) in [5, 5.41) is 7.25. The van der Waals surface area contributed by atoms with Crippen LogP contribution in [0.1, 0.15) is 0 Å². The lowest BCUT2D eigenvalue weighted by Crippen LogP contribution is -2.08. The van der Waals surface area contributed by atoms with Gasteiger partial charge in [-0.15, -0.1) is 0 Å². The summed E-state index contributed by atoms with van der Waals surface area (Å²) in [5.74, 6) is 1.52. The van der Waals surface area contributed by atoms with Crippen LogP contribution < -0.4 is 0 Å². The van der Waals surface area contributed by atoms with E-state index in [9.17, 15) is 0 Å². The average Bonchev–Trinajstić information content (AvgIpc) is 3.64. The highest BCUT2D eigenvalue weighted by Crippen LogP contribution is 2.49. The lowest BCUT2D eigenvalue weighted by molar-refractivity contribution is 0.952. The van der Waals surface area contributed by atoms with E-state index < -0.39 is 0 Å². The van der Waals surface area contributed by atoms with Crippen LogP contribution in [0.2, 0.25) is 0 Å². The zero-order chi connectivity index (χ0) is 31.3. The lowest BCUT2D eigenvalue weighted by Gasteiger charge is -2.15. The first-order valence-corrected chi connectivity index (χ1v) is 16.4. The van der Waals surface area contributed by atoms with Crippen molar-refractivity contribution < 1.29 is 0 Å². The molecule has 4 heteroatoms. The van der Waals surface area contributed by atoms with Crippen molar-refractivity contribution in [2.75, 3.05) is 0 Å². The quantitative estimate of drug-likeness (QED) is 0.199. The van der Waals surface area contributed by atoms with Crippen LogP contribution in [0.4, 0.5) is 0 Å². The maximum atomic E-state index is 5.50. The first-order chi connectivity index (χ1) is 23.8. The van der Waals surface area contributed by atoms with Crippen LogP contribution in [0.3, 0.4) is 0 Å². The van der Waals surface area contributed by atoms with Gasteiger partial charge in [0.05, 0.1) is 16.7 Å². The van der Waals surface area contributed by atoms with Crippen molar-refractivity contribution in [2.45, 2.75) is 0 Å². The normalized spacial score (nSPS) is 12.2. The maximum absolute atomic E-state index is 5.50. The fraction of sp³-hybridized carbons (Fsp3) is 0. The molecule has 10 aromatic rings. The van der Waals surface area contributed by atoms with Gasteiger partial charge in [0, 0.05) is 27.1 Å². The lowest BCUT2D eigenvalue weighted by atomic mass is 9.93. The third-order valence-electron chi connectivity index (χ3n) is 10.1. The Morgan fingerprint density at radius 3 is 1.77 bits per heavy atom. The first-order valence-electron chi connectivity index (χ1n) is 16.4. The molecule has 0 spiro atoms. The van der Waals surface area contributed by atoms with Gasteiger partial charge in [-0.25, -0.2) is 0 Å². The number of fused-ring (bicyclic) bond motifs is 6. The zero-order valence-electron chi connectivity index (χ0n) is 25.8. The monoisotopic (exact) mass is 610 g/mol. The molecule has 3 aromatic heterocycles. The number of rotatable bonds is 3. The number of hydrogen-bond donors (Lipinski definition) is 0. The molecule has 222 valence electrons. The summed E-state index contributed by atoms with van der Waals surface area (Å²) in [4.78, 5) is 11.0. The Labute approximate surface area is 275 Å². The highest BCUT2D eigenvalue weighted by Gasteiger charge is 2.27. The third-order valence-corrected chi connectivity index (χ3v) is 10.1. The minimum absolute atomic E-state index is 0.659. The molecule has 4 nitrogen and oxygen atoms in total. The van der Waals surface area contributed by atoms with E-state index in [1.807, 2.05) is 0 Å². The fourth-order valence-corrected chi connectivity index (χ4v) is 8.12. The van der Waals surface area contributed by atoms with E-state index in [1.54, 1.807) is 0 Å². The van der Waals surface area contributed by atoms with E-state index in [4.69, 9.17) is 9.97 Å². The van der Waals surface area contributed by atoms with Crippen molar-refractivity contribution in [2.24, 2.45) is 0 Å². The van der Waals surface area contributed by atoms with E-state index in [0.29, 0.717) is 5.95 Å². The smallest absolute Gasteiger partial charge is 0.238 e. The van der Waals surface area contributed by atoms with Crippen LogP contribution >= 0.6 is 0 Å². The molecular formula is C44H26N4. The molecule has 1 aliphatic rings. The van der Waals surface area contributed by atoms with Gasteiger partial charge in [-0.1, -0.05) is 146 Å².